The lowest BCUT2D eigenvalue weighted by Crippen LogP contribution is -2.34. The van der Waals surface area contributed by atoms with Crippen molar-refractivity contribution in [1.29, 1.82) is 0 Å². The van der Waals surface area contributed by atoms with Crippen LogP contribution in [0.1, 0.15) is 27.2 Å². The van der Waals surface area contributed by atoms with E-state index >= 15 is 0 Å². The van der Waals surface area contributed by atoms with Gasteiger partial charge in [0.25, 0.3) is 5.96 Å². The van der Waals surface area contributed by atoms with Gasteiger partial charge in [-0.05, 0) is 38.2 Å². The molecule has 10 heteroatoms. The molecule has 1 aliphatic heterocycles. The number of aliphatic hydroxyl groups excluding tert-OH is 1. The number of benzene rings is 1. The number of halogens is 2. The van der Waals surface area contributed by atoms with E-state index in [1.807, 2.05) is 6.92 Å². The molecule has 1 aliphatic rings. The third-order valence-electron chi connectivity index (χ3n) is 4.19. The van der Waals surface area contributed by atoms with Crippen molar-refractivity contribution in [1.82, 2.24) is 4.90 Å². The molecule has 8 nitrogen and oxygen atoms in total. The Kier molecular flexibility index (Phi) is 9.03. The van der Waals surface area contributed by atoms with Gasteiger partial charge >= 0.3 is 0 Å². The quantitative estimate of drug-likeness (QED) is 0.447. The molecule has 4 N–H and O–H groups in total. The van der Waals surface area contributed by atoms with Gasteiger partial charge in [-0.3, -0.25) is 4.99 Å². The molecule has 0 bridgehead atoms. The van der Waals surface area contributed by atoms with E-state index in [9.17, 15) is 5.11 Å². The number of nitrogens with two attached hydrogens (primary N) is 1. The standard InChI is InChI=1S/C19H27Cl2N7O/c1-4-28(5-2)11-14(29)10-23-17-8-12(3)24-19(26-17)27-18(22)25-13-6-7-15(20)16(21)9-13/h6-7,9,14,29H,4-5,8,10-11H2,1-3H3,(H3,22,23,25,26,27). The smallest absolute Gasteiger partial charge is 0.254 e. The number of nitrogens with zero attached hydrogens (tertiary/aromatic N) is 5. The molecule has 1 unspecified atom stereocenters. The number of guanidine groups is 2. The summed E-state index contributed by atoms with van der Waals surface area (Å²) in [5.41, 5.74) is 7.41. The summed E-state index contributed by atoms with van der Waals surface area (Å²) < 4.78 is 0. The van der Waals surface area contributed by atoms with Crippen molar-refractivity contribution in [3.63, 3.8) is 0 Å². The minimum absolute atomic E-state index is 0.113. The molecule has 1 heterocycles. The molecular formula is C19H27Cl2N7O. The summed E-state index contributed by atoms with van der Waals surface area (Å²) in [6.07, 6.45) is -0.0398. The lowest BCUT2D eigenvalue weighted by Gasteiger charge is -2.21. The van der Waals surface area contributed by atoms with Gasteiger partial charge in [0, 0.05) is 24.4 Å². The van der Waals surface area contributed by atoms with Gasteiger partial charge in [-0.2, -0.15) is 9.98 Å². The number of rotatable bonds is 7. The first-order valence-corrected chi connectivity index (χ1v) is 10.2. The predicted molar refractivity (Wildman–Crippen MR) is 123 cm³/mol. The molecule has 1 aromatic carbocycles. The fraction of sp³-hybridized carbons (Fsp3) is 0.474. The number of aliphatic hydroxyl groups is 1. The lowest BCUT2D eigenvalue weighted by atomic mass is 10.2. The van der Waals surface area contributed by atoms with Gasteiger partial charge in [0.05, 0.1) is 22.7 Å². The van der Waals surface area contributed by atoms with Crippen LogP contribution in [0, 0.1) is 0 Å². The van der Waals surface area contributed by atoms with E-state index in [0.29, 0.717) is 34.5 Å². The molecule has 29 heavy (non-hydrogen) atoms. The van der Waals surface area contributed by atoms with Crippen molar-refractivity contribution in [2.75, 3.05) is 31.5 Å². The normalized spacial score (nSPS) is 17.3. The Bertz CT molecular complexity index is 832. The summed E-state index contributed by atoms with van der Waals surface area (Å²) >= 11 is 11.9. The number of amidine groups is 1. The number of nitrogens with one attached hydrogen (secondary N) is 1. The van der Waals surface area contributed by atoms with Gasteiger partial charge < -0.3 is 21.1 Å². The van der Waals surface area contributed by atoms with Gasteiger partial charge in [0.1, 0.15) is 5.84 Å². The molecule has 0 saturated carbocycles. The average Bonchev–Trinajstić information content (AvgIpc) is 2.67. The highest BCUT2D eigenvalue weighted by Gasteiger charge is 2.13. The molecule has 0 spiro atoms. The van der Waals surface area contributed by atoms with Crippen LogP contribution in [0.2, 0.25) is 10.0 Å². The number of hydrogen-bond acceptors (Lipinski definition) is 5. The number of aliphatic imine (C=N–C) groups is 4. The second-order valence-electron chi connectivity index (χ2n) is 6.58. The molecule has 2 rings (SSSR count). The van der Waals surface area contributed by atoms with Crippen LogP contribution in [-0.4, -0.2) is 65.8 Å². The Morgan fingerprint density at radius 3 is 2.66 bits per heavy atom. The van der Waals surface area contributed by atoms with E-state index in [1.54, 1.807) is 18.2 Å². The highest BCUT2D eigenvalue weighted by atomic mass is 35.5. The Labute approximate surface area is 181 Å². The van der Waals surface area contributed by atoms with Crippen LogP contribution >= 0.6 is 23.2 Å². The lowest BCUT2D eigenvalue weighted by molar-refractivity contribution is 0.125. The largest absolute Gasteiger partial charge is 0.390 e. The van der Waals surface area contributed by atoms with E-state index in [0.717, 1.165) is 18.8 Å². The van der Waals surface area contributed by atoms with Crippen LogP contribution in [0.15, 0.2) is 38.2 Å². The summed E-state index contributed by atoms with van der Waals surface area (Å²) in [5.74, 6) is 0.884. The number of likely N-dealkylation sites (N-methyl/N-ethyl adjacent to an activating group) is 1. The molecule has 1 atom stereocenters. The van der Waals surface area contributed by atoms with E-state index in [-0.39, 0.29) is 18.5 Å². The van der Waals surface area contributed by atoms with E-state index in [2.05, 4.69) is 44.0 Å². The molecule has 0 fully saturated rings. The van der Waals surface area contributed by atoms with Crippen molar-refractivity contribution in [3.05, 3.63) is 28.2 Å². The summed E-state index contributed by atoms with van der Waals surface area (Å²) in [6, 6.07) is 5.04. The second kappa shape index (κ2) is 11.3. The minimum atomic E-state index is -0.551. The summed E-state index contributed by atoms with van der Waals surface area (Å²) in [6.45, 7) is 8.62. The Hall–Kier alpha value is -2.00. The maximum absolute atomic E-state index is 10.2. The van der Waals surface area contributed by atoms with E-state index < -0.39 is 6.10 Å². The molecule has 0 aromatic heterocycles. The zero-order valence-corrected chi connectivity index (χ0v) is 18.4. The van der Waals surface area contributed by atoms with Crippen molar-refractivity contribution < 1.29 is 5.11 Å². The Balaban J connectivity index is 2.05. The zero-order valence-electron chi connectivity index (χ0n) is 16.9. The van der Waals surface area contributed by atoms with Crippen LogP contribution in [0.5, 0.6) is 0 Å². The van der Waals surface area contributed by atoms with Gasteiger partial charge in [-0.25, -0.2) is 4.99 Å². The monoisotopic (exact) mass is 439 g/mol. The SMILES string of the molecule is CCN(CC)CC(O)CN=C1CC(C)=NC(/N=C(/N)Nc2ccc(Cl)c(Cl)c2)=N1. The maximum atomic E-state index is 10.2. The van der Waals surface area contributed by atoms with Crippen LogP contribution in [0.25, 0.3) is 0 Å². The van der Waals surface area contributed by atoms with Crippen molar-refractivity contribution in [2.45, 2.75) is 33.3 Å². The van der Waals surface area contributed by atoms with E-state index in [1.165, 1.54) is 0 Å². The summed E-state index contributed by atoms with van der Waals surface area (Å²) in [4.78, 5) is 19.4. The predicted octanol–water partition coefficient (Wildman–Crippen LogP) is 3.04. The zero-order chi connectivity index (χ0) is 21.4. The van der Waals surface area contributed by atoms with Gasteiger partial charge in [0.15, 0.2) is 0 Å². The van der Waals surface area contributed by atoms with Crippen molar-refractivity contribution >= 4 is 52.4 Å². The first-order valence-electron chi connectivity index (χ1n) is 9.43. The maximum Gasteiger partial charge on any atom is 0.254 e. The third kappa shape index (κ3) is 7.74. The molecule has 0 saturated heterocycles. The molecule has 1 aromatic rings. The van der Waals surface area contributed by atoms with Gasteiger partial charge in [-0.1, -0.05) is 37.0 Å². The van der Waals surface area contributed by atoms with Gasteiger partial charge in [-0.15, -0.1) is 0 Å². The third-order valence-corrected chi connectivity index (χ3v) is 4.93. The average molecular weight is 440 g/mol. The highest BCUT2D eigenvalue weighted by Crippen LogP contribution is 2.24. The summed E-state index contributed by atoms with van der Waals surface area (Å²) in [5, 5.41) is 14.0. The van der Waals surface area contributed by atoms with Crippen LogP contribution < -0.4 is 11.1 Å². The Morgan fingerprint density at radius 2 is 2.00 bits per heavy atom. The van der Waals surface area contributed by atoms with Gasteiger partial charge in [0.2, 0.25) is 5.96 Å². The fourth-order valence-corrected chi connectivity index (χ4v) is 2.96. The van der Waals surface area contributed by atoms with E-state index in [4.69, 9.17) is 28.9 Å². The number of hydrogen-bond donors (Lipinski definition) is 3. The molecule has 0 amide bonds. The molecule has 158 valence electrons. The van der Waals surface area contributed by atoms with Crippen molar-refractivity contribution in [2.24, 2.45) is 25.7 Å². The second-order valence-corrected chi connectivity index (χ2v) is 7.40. The topological polar surface area (TPSA) is 111 Å². The van der Waals surface area contributed by atoms with Crippen LogP contribution in [0.4, 0.5) is 5.69 Å². The first-order chi connectivity index (χ1) is 13.8. The highest BCUT2D eigenvalue weighted by molar-refractivity contribution is 6.42. The molecular weight excluding hydrogens is 413 g/mol. The van der Waals surface area contributed by atoms with Crippen LogP contribution in [0.3, 0.4) is 0 Å². The van der Waals surface area contributed by atoms with Crippen LogP contribution in [-0.2, 0) is 0 Å². The Morgan fingerprint density at radius 1 is 1.28 bits per heavy atom. The number of anilines is 1. The molecule has 0 aliphatic carbocycles. The molecule has 0 radical (unpaired) electrons. The first kappa shape index (κ1) is 23.3. The van der Waals surface area contributed by atoms with Crippen molar-refractivity contribution in [3.8, 4) is 0 Å². The fourth-order valence-electron chi connectivity index (χ4n) is 2.67. The minimum Gasteiger partial charge on any atom is -0.390 e. The summed E-state index contributed by atoms with van der Waals surface area (Å²) in [7, 11) is 0.